The standard InChI is InChI=1S/C22H25FN4O3S2/c1-13-11-16(23)7-8-17(13)25-32(29,30)19-12-18(26(4)15(19)3)21-24-14(2)20(31-21)22(28)27-9-5-6-10-27/h7-8,11-12,25H,5-6,9-10H2,1-4H3. The number of hydrogen-bond acceptors (Lipinski definition) is 5. The van der Waals surface area contributed by atoms with Crippen LogP contribution < -0.4 is 4.72 Å². The number of halogens is 1. The lowest BCUT2D eigenvalue weighted by molar-refractivity contribution is 0.0796. The van der Waals surface area contributed by atoms with E-state index in [1.54, 1.807) is 38.5 Å². The van der Waals surface area contributed by atoms with Crippen molar-refractivity contribution in [2.75, 3.05) is 17.8 Å². The minimum absolute atomic E-state index is 0.0176. The molecule has 170 valence electrons. The van der Waals surface area contributed by atoms with Gasteiger partial charge < -0.3 is 9.47 Å². The van der Waals surface area contributed by atoms with E-state index < -0.39 is 15.8 Å². The molecule has 0 saturated carbocycles. The Morgan fingerprint density at radius 2 is 1.84 bits per heavy atom. The molecule has 0 unspecified atom stereocenters. The minimum atomic E-state index is -3.91. The Kier molecular flexibility index (Phi) is 5.85. The van der Waals surface area contributed by atoms with Crippen molar-refractivity contribution in [1.82, 2.24) is 14.5 Å². The lowest BCUT2D eigenvalue weighted by Crippen LogP contribution is -2.27. The average Bonchev–Trinajstić information content (AvgIpc) is 3.45. The monoisotopic (exact) mass is 476 g/mol. The van der Waals surface area contributed by atoms with E-state index in [0.29, 0.717) is 38.2 Å². The number of aromatic nitrogens is 2. The van der Waals surface area contributed by atoms with Gasteiger partial charge in [0.1, 0.15) is 20.6 Å². The molecule has 0 spiro atoms. The molecule has 3 heterocycles. The highest BCUT2D eigenvalue weighted by Gasteiger charge is 2.27. The fourth-order valence-corrected chi connectivity index (χ4v) is 6.37. The Morgan fingerprint density at radius 1 is 1.16 bits per heavy atom. The third-order valence-corrected chi connectivity index (χ3v) is 8.46. The van der Waals surface area contributed by atoms with Crippen molar-refractivity contribution in [3.05, 3.63) is 51.9 Å². The second-order valence-corrected chi connectivity index (χ2v) is 10.7. The molecule has 1 aromatic carbocycles. The summed E-state index contributed by atoms with van der Waals surface area (Å²) in [5.74, 6) is -0.446. The Bertz CT molecular complexity index is 1300. The van der Waals surface area contributed by atoms with Crippen molar-refractivity contribution in [2.45, 2.75) is 38.5 Å². The second-order valence-electron chi connectivity index (χ2n) is 8.04. The molecule has 1 aliphatic heterocycles. The second kappa shape index (κ2) is 8.32. The van der Waals surface area contributed by atoms with Crippen LogP contribution in [0.1, 0.15) is 39.5 Å². The van der Waals surface area contributed by atoms with Crippen LogP contribution in [-0.4, -0.2) is 41.9 Å². The number of aryl methyl sites for hydroxylation is 2. The van der Waals surface area contributed by atoms with Gasteiger partial charge in [0.05, 0.1) is 17.1 Å². The van der Waals surface area contributed by atoms with Gasteiger partial charge in [0.2, 0.25) is 0 Å². The molecule has 3 aromatic rings. The van der Waals surface area contributed by atoms with Crippen LogP contribution in [0.25, 0.3) is 10.7 Å². The predicted octanol–water partition coefficient (Wildman–Crippen LogP) is 4.25. The molecule has 4 rings (SSSR count). The normalized spacial score (nSPS) is 14.2. The van der Waals surface area contributed by atoms with Crippen LogP contribution in [0, 0.1) is 26.6 Å². The molecule has 0 aliphatic carbocycles. The first-order valence-electron chi connectivity index (χ1n) is 10.3. The Morgan fingerprint density at radius 3 is 2.50 bits per heavy atom. The average molecular weight is 477 g/mol. The maximum atomic E-state index is 13.4. The van der Waals surface area contributed by atoms with Crippen LogP contribution in [0.2, 0.25) is 0 Å². The van der Waals surface area contributed by atoms with Crippen LogP contribution >= 0.6 is 11.3 Å². The molecule has 1 fully saturated rings. The van der Waals surface area contributed by atoms with Gasteiger partial charge in [-0.15, -0.1) is 11.3 Å². The molecule has 0 radical (unpaired) electrons. The summed E-state index contributed by atoms with van der Waals surface area (Å²) in [7, 11) is -2.14. The van der Waals surface area contributed by atoms with Gasteiger partial charge in [0.15, 0.2) is 0 Å². The summed E-state index contributed by atoms with van der Waals surface area (Å²) < 4.78 is 43.9. The van der Waals surface area contributed by atoms with Crippen molar-refractivity contribution in [2.24, 2.45) is 7.05 Å². The Labute approximate surface area is 191 Å². The zero-order chi connectivity index (χ0) is 23.2. The smallest absolute Gasteiger partial charge is 0.265 e. The van der Waals surface area contributed by atoms with E-state index in [0.717, 1.165) is 25.9 Å². The molecule has 0 atom stereocenters. The quantitative estimate of drug-likeness (QED) is 0.597. The predicted molar refractivity (Wildman–Crippen MR) is 123 cm³/mol. The van der Waals surface area contributed by atoms with E-state index in [2.05, 4.69) is 9.71 Å². The number of nitrogens with zero attached hydrogens (tertiary/aromatic N) is 3. The van der Waals surface area contributed by atoms with Gasteiger partial charge in [-0.05, 0) is 63.4 Å². The molecular weight excluding hydrogens is 451 g/mol. The van der Waals surface area contributed by atoms with Gasteiger partial charge in [0.25, 0.3) is 15.9 Å². The summed E-state index contributed by atoms with van der Waals surface area (Å²) in [5, 5.41) is 0.593. The lowest BCUT2D eigenvalue weighted by Gasteiger charge is -2.13. The summed E-state index contributed by atoms with van der Waals surface area (Å²) in [4.78, 5) is 20.0. The van der Waals surface area contributed by atoms with Crippen LogP contribution in [0.3, 0.4) is 0 Å². The van der Waals surface area contributed by atoms with Gasteiger partial charge in [-0.2, -0.15) is 0 Å². The van der Waals surface area contributed by atoms with Crippen molar-refractivity contribution < 1.29 is 17.6 Å². The maximum Gasteiger partial charge on any atom is 0.265 e. The number of carbonyl (C=O) groups is 1. The Balaban J connectivity index is 1.68. The molecular formula is C22H25FN4O3S2. The van der Waals surface area contributed by atoms with Crippen LogP contribution in [0.5, 0.6) is 0 Å². The number of carbonyl (C=O) groups excluding carboxylic acids is 1. The topological polar surface area (TPSA) is 84.3 Å². The molecule has 2 aromatic heterocycles. The van der Waals surface area contributed by atoms with Crippen molar-refractivity contribution >= 4 is 33.0 Å². The molecule has 7 nitrogen and oxygen atoms in total. The molecule has 1 aliphatic rings. The van der Waals surface area contributed by atoms with Crippen molar-refractivity contribution in [1.29, 1.82) is 0 Å². The summed E-state index contributed by atoms with van der Waals surface area (Å²) in [6.45, 7) is 6.67. The minimum Gasteiger partial charge on any atom is -0.345 e. The zero-order valence-electron chi connectivity index (χ0n) is 18.4. The number of benzene rings is 1. The van der Waals surface area contributed by atoms with Gasteiger partial charge in [-0.3, -0.25) is 9.52 Å². The summed E-state index contributed by atoms with van der Waals surface area (Å²) in [6, 6.07) is 5.46. The number of rotatable bonds is 5. The molecule has 0 bridgehead atoms. The lowest BCUT2D eigenvalue weighted by atomic mass is 10.2. The SMILES string of the molecule is Cc1cc(F)ccc1NS(=O)(=O)c1cc(-c2nc(C)c(C(=O)N3CCCC3)s2)n(C)c1C. The Hall–Kier alpha value is -2.72. The van der Waals surface area contributed by atoms with Gasteiger partial charge in [0, 0.05) is 25.8 Å². The number of sulfonamides is 1. The largest absolute Gasteiger partial charge is 0.345 e. The van der Waals surface area contributed by atoms with Gasteiger partial charge in [-0.1, -0.05) is 0 Å². The first-order chi connectivity index (χ1) is 15.1. The highest BCUT2D eigenvalue weighted by Crippen LogP contribution is 2.34. The summed E-state index contributed by atoms with van der Waals surface area (Å²) in [6.07, 6.45) is 2.02. The highest BCUT2D eigenvalue weighted by atomic mass is 32.2. The number of likely N-dealkylation sites (tertiary alicyclic amines) is 1. The van der Waals surface area contributed by atoms with Crippen molar-refractivity contribution in [3.8, 4) is 10.7 Å². The fraction of sp³-hybridized carbons (Fsp3) is 0.364. The van der Waals surface area contributed by atoms with Crippen LogP contribution in [0.4, 0.5) is 10.1 Å². The maximum absolute atomic E-state index is 13.4. The summed E-state index contributed by atoms with van der Waals surface area (Å²) in [5.41, 5.74) is 2.60. The number of hydrogen-bond donors (Lipinski definition) is 1. The zero-order valence-corrected chi connectivity index (χ0v) is 20.0. The third-order valence-electron chi connectivity index (χ3n) is 5.81. The molecule has 1 saturated heterocycles. The summed E-state index contributed by atoms with van der Waals surface area (Å²) >= 11 is 1.28. The number of amides is 1. The molecule has 1 N–H and O–H groups in total. The first-order valence-corrected chi connectivity index (χ1v) is 12.6. The van der Waals surface area contributed by atoms with Gasteiger partial charge in [-0.25, -0.2) is 17.8 Å². The van der Waals surface area contributed by atoms with E-state index in [1.807, 2.05) is 4.90 Å². The van der Waals surface area contributed by atoms with Crippen molar-refractivity contribution in [3.63, 3.8) is 0 Å². The third kappa shape index (κ3) is 4.04. The molecule has 10 heteroatoms. The van der Waals surface area contributed by atoms with E-state index >= 15 is 0 Å². The highest BCUT2D eigenvalue weighted by molar-refractivity contribution is 7.92. The number of thiazole rings is 1. The first kappa shape index (κ1) is 22.5. The number of nitrogens with one attached hydrogen (secondary N) is 1. The van der Waals surface area contributed by atoms with E-state index in [-0.39, 0.29) is 10.8 Å². The van der Waals surface area contributed by atoms with Crippen LogP contribution in [-0.2, 0) is 17.1 Å². The molecule has 32 heavy (non-hydrogen) atoms. The molecule has 1 amide bonds. The van der Waals surface area contributed by atoms with E-state index in [9.17, 15) is 17.6 Å². The van der Waals surface area contributed by atoms with E-state index in [4.69, 9.17) is 0 Å². The number of anilines is 1. The van der Waals surface area contributed by atoms with Crippen LogP contribution in [0.15, 0.2) is 29.2 Å². The van der Waals surface area contributed by atoms with E-state index in [1.165, 1.54) is 29.5 Å². The fourth-order valence-electron chi connectivity index (χ4n) is 3.86. The van der Waals surface area contributed by atoms with Gasteiger partial charge >= 0.3 is 0 Å².